The zero-order chi connectivity index (χ0) is 13.3. The predicted octanol–water partition coefficient (Wildman–Crippen LogP) is 3.88. The molecular formula is C14H20Cl2N2. The quantitative estimate of drug-likeness (QED) is 0.888. The highest BCUT2D eigenvalue weighted by Crippen LogP contribution is 2.33. The number of aryl methyl sites for hydroxylation is 1. The maximum atomic E-state index is 6.35. The van der Waals surface area contributed by atoms with Crippen LogP contribution in [-0.4, -0.2) is 25.2 Å². The fraction of sp³-hybridized carbons (Fsp3) is 0.571. The highest BCUT2D eigenvalue weighted by atomic mass is 35.5. The molecule has 0 spiro atoms. The van der Waals surface area contributed by atoms with Crippen LogP contribution in [0.15, 0.2) is 12.1 Å². The summed E-state index contributed by atoms with van der Waals surface area (Å²) in [5, 5.41) is 5.15. The number of nitrogens with one attached hydrogen (secondary N) is 1. The monoisotopic (exact) mass is 286 g/mol. The third-order valence-corrected chi connectivity index (χ3v) is 4.53. The number of hydrogen-bond acceptors (Lipinski definition) is 2. The van der Waals surface area contributed by atoms with Gasteiger partial charge < -0.3 is 10.2 Å². The SMILES string of the molecule is CCC1(C)CN(c2cc(Cl)c(C)cc2Cl)CCN1. The molecule has 100 valence electrons. The molecule has 1 atom stereocenters. The molecule has 2 rings (SSSR count). The van der Waals surface area contributed by atoms with Crippen LogP contribution in [0.3, 0.4) is 0 Å². The van der Waals surface area contributed by atoms with Crippen molar-refractivity contribution in [1.82, 2.24) is 5.32 Å². The summed E-state index contributed by atoms with van der Waals surface area (Å²) in [5.74, 6) is 0. The molecule has 1 aromatic rings. The van der Waals surface area contributed by atoms with Gasteiger partial charge in [0.15, 0.2) is 0 Å². The van der Waals surface area contributed by atoms with E-state index in [4.69, 9.17) is 23.2 Å². The summed E-state index contributed by atoms with van der Waals surface area (Å²) in [4.78, 5) is 2.33. The van der Waals surface area contributed by atoms with Crippen molar-refractivity contribution in [2.24, 2.45) is 0 Å². The van der Waals surface area contributed by atoms with Crippen molar-refractivity contribution in [3.05, 3.63) is 27.7 Å². The zero-order valence-corrected chi connectivity index (χ0v) is 12.7. The molecular weight excluding hydrogens is 267 g/mol. The van der Waals surface area contributed by atoms with Crippen LogP contribution in [0.2, 0.25) is 10.0 Å². The van der Waals surface area contributed by atoms with E-state index in [2.05, 4.69) is 24.1 Å². The summed E-state index contributed by atoms with van der Waals surface area (Å²) < 4.78 is 0. The second-order valence-corrected chi connectivity index (χ2v) is 6.13. The van der Waals surface area contributed by atoms with Crippen LogP contribution in [0.5, 0.6) is 0 Å². The molecule has 0 amide bonds. The number of piperazine rings is 1. The molecule has 1 heterocycles. The number of rotatable bonds is 2. The number of benzene rings is 1. The molecule has 4 heteroatoms. The van der Waals surface area contributed by atoms with Crippen LogP contribution in [0.1, 0.15) is 25.8 Å². The molecule has 1 unspecified atom stereocenters. The molecule has 0 aromatic heterocycles. The van der Waals surface area contributed by atoms with Gasteiger partial charge in [-0.15, -0.1) is 0 Å². The summed E-state index contributed by atoms with van der Waals surface area (Å²) in [6.45, 7) is 9.35. The molecule has 1 aliphatic heterocycles. The zero-order valence-electron chi connectivity index (χ0n) is 11.2. The molecule has 0 aliphatic carbocycles. The summed E-state index contributed by atoms with van der Waals surface area (Å²) in [6, 6.07) is 3.94. The molecule has 2 nitrogen and oxygen atoms in total. The van der Waals surface area contributed by atoms with Gasteiger partial charge in [0.25, 0.3) is 0 Å². The van der Waals surface area contributed by atoms with Gasteiger partial charge in [0.2, 0.25) is 0 Å². The first-order chi connectivity index (χ1) is 8.45. The second-order valence-electron chi connectivity index (χ2n) is 5.32. The van der Waals surface area contributed by atoms with E-state index in [1.807, 2.05) is 19.1 Å². The Kier molecular flexibility index (Phi) is 4.10. The Labute approximate surface area is 119 Å². The molecule has 0 bridgehead atoms. The first-order valence-corrected chi connectivity index (χ1v) is 7.16. The van der Waals surface area contributed by atoms with E-state index in [1.165, 1.54) is 0 Å². The molecule has 18 heavy (non-hydrogen) atoms. The number of anilines is 1. The lowest BCUT2D eigenvalue weighted by atomic mass is 9.95. The molecule has 1 aromatic carbocycles. The number of nitrogens with zero attached hydrogens (tertiary/aromatic N) is 1. The lowest BCUT2D eigenvalue weighted by Gasteiger charge is -2.42. The van der Waals surface area contributed by atoms with Gasteiger partial charge in [-0.25, -0.2) is 0 Å². The predicted molar refractivity (Wildman–Crippen MR) is 80.1 cm³/mol. The Morgan fingerprint density at radius 1 is 1.33 bits per heavy atom. The van der Waals surface area contributed by atoms with E-state index in [-0.39, 0.29) is 5.54 Å². The fourth-order valence-corrected chi connectivity index (χ4v) is 2.87. The third kappa shape index (κ3) is 2.76. The summed E-state index contributed by atoms with van der Waals surface area (Å²) in [5.41, 5.74) is 2.23. The minimum Gasteiger partial charge on any atom is -0.367 e. The Hall–Kier alpha value is -0.440. The number of halogens is 2. The van der Waals surface area contributed by atoms with Gasteiger partial charge in [-0.2, -0.15) is 0 Å². The number of hydrogen-bond donors (Lipinski definition) is 1. The van der Waals surface area contributed by atoms with E-state index in [9.17, 15) is 0 Å². The van der Waals surface area contributed by atoms with Crippen molar-refractivity contribution in [2.45, 2.75) is 32.7 Å². The average Bonchev–Trinajstić information content (AvgIpc) is 2.34. The summed E-state index contributed by atoms with van der Waals surface area (Å²) >= 11 is 12.6. The topological polar surface area (TPSA) is 15.3 Å². The van der Waals surface area contributed by atoms with Crippen LogP contribution in [0.4, 0.5) is 5.69 Å². The standard InChI is InChI=1S/C14H20Cl2N2/c1-4-14(3)9-18(6-5-17-14)13-8-11(15)10(2)7-12(13)16/h7-8,17H,4-6,9H2,1-3H3. The van der Waals surface area contributed by atoms with Crippen LogP contribution in [0, 0.1) is 6.92 Å². The van der Waals surface area contributed by atoms with Crippen molar-refractivity contribution >= 4 is 28.9 Å². The maximum absolute atomic E-state index is 6.35. The van der Waals surface area contributed by atoms with Gasteiger partial charge in [-0.05, 0) is 38.0 Å². The van der Waals surface area contributed by atoms with Gasteiger partial charge in [-0.1, -0.05) is 30.1 Å². The van der Waals surface area contributed by atoms with Crippen LogP contribution < -0.4 is 10.2 Å². The first-order valence-electron chi connectivity index (χ1n) is 6.41. The van der Waals surface area contributed by atoms with E-state index in [1.54, 1.807) is 0 Å². The first kappa shape index (κ1) is 14.0. The van der Waals surface area contributed by atoms with Crippen LogP contribution >= 0.6 is 23.2 Å². The Bertz CT molecular complexity index is 448. The highest BCUT2D eigenvalue weighted by Gasteiger charge is 2.29. The normalized spacial score (nSPS) is 24.4. The van der Waals surface area contributed by atoms with Crippen LogP contribution in [0.25, 0.3) is 0 Å². The van der Waals surface area contributed by atoms with Crippen molar-refractivity contribution in [2.75, 3.05) is 24.5 Å². The summed E-state index contributed by atoms with van der Waals surface area (Å²) in [6.07, 6.45) is 1.10. The minimum atomic E-state index is 0.152. The highest BCUT2D eigenvalue weighted by molar-refractivity contribution is 6.35. The van der Waals surface area contributed by atoms with Crippen molar-refractivity contribution < 1.29 is 0 Å². The van der Waals surface area contributed by atoms with E-state index in [0.29, 0.717) is 0 Å². The van der Waals surface area contributed by atoms with Crippen LogP contribution in [-0.2, 0) is 0 Å². The molecule has 1 aliphatic rings. The Balaban J connectivity index is 2.29. The van der Waals surface area contributed by atoms with Crippen molar-refractivity contribution in [1.29, 1.82) is 0 Å². The van der Waals surface area contributed by atoms with Gasteiger partial charge in [0.05, 0.1) is 10.7 Å². The third-order valence-electron chi connectivity index (χ3n) is 3.82. The van der Waals surface area contributed by atoms with Gasteiger partial charge >= 0.3 is 0 Å². The second kappa shape index (κ2) is 5.28. The maximum Gasteiger partial charge on any atom is 0.0643 e. The Morgan fingerprint density at radius 2 is 2.06 bits per heavy atom. The molecule has 1 fully saturated rings. The molecule has 0 radical (unpaired) electrons. The molecule has 0 saturated carbocycles. The lowest BCUT2D eigenvalue weighted by molar-refractivity contribution is 0.314. The molecule has 1 N–H and O–H groups in total. The smallest absolute Gasteiger partial charge is 0.0643 e. The van der Waals surface area contributed by atoms with E-state index < -0.39 is 0 Å². The van der Waals surface area contributed by atoms with Crippen molar-refractivity contribution in [3.8, 4) is 0 Å². The van der Waals surface area contributed by atoms with Gasteiger partial charge in [0, 0.05) is 30.2 Å². The fourth-order valence-electron chi connectivity index (χ4n) is 2.37. The molecule has 1 saturated heterocycles. The van der Waals surface area contributed by atoms with E-state index >= 15 is 0 Å². The van der Waals surface area contributed by atoms with Crippen molar-refractivity contribution in [3.63, 3.8) is 0 Å². The van der Waals surface area contributed by atoms with E-state index in [0.717, 1.165) is 47.4 Å². The van der Waals surface area contributed by atoms with Gasteiger partial charge in [0.1, 0.15) is 0 Å². The average molecular weight is 287 g/mol. The summed E-state index contributed by atoms with van der Waals surface area (Å²) in [7, 11) is 0. The van der Waals surface area contributed by atoms with Gasteiger partial charge in [-0.3, -0.25) is 0 Å². The lowest BCUT2D eigenvalue weighted by Crippen LogP contribution is -2.58. The largest absolute Gasteiger partial charge is 0.367 e. The minimum absolute atomic E-state index is 0.152. The Morgan fingerprint density at radius 3 is 2.72 bits per heavy atom.